The molecule has 15 heteroatoms. The van der Waals surface area contributed by atoms with E-state index in [1.54, 1.807) is 15.9 Å². The summed E-state index contributed by atoms with van der Waals surface area (Å²) in [5, 5.41) is 8.94. The fourth-order valence-electron chi connectivity index (χ4n) is 5.92. The van der Waals surface area contributed by atoms with E-state index in [1.807, 2.05) is 35.2 Å². The van der Waals surface area contributed by atoms with Crippen LogP contribution in [-0.2, 0) is 11.3 Å². The van der Waals surface area contributed by atoms with Crippen molar-refractivity contribution in [2.75, 3.05) is 44.2 Å². The van der Waals surface area contributed by atoms with E-state index in [1.165, 1.54) is 24.7 Å². The monoisotopic (exact) mass is 607 g/mol. The van der Waals surface area contributed by atoms with Crippen LogP contribution in [0.15, 0.2) is 55.0 Å². The fraction of sp³-hybridized carbons (Fsp3) is 0.379. The third kappa shape index (κ3) is 5.86. The summed E-state index contributed by atoms with van der Waals surface area (Å²) in [5.74, 6) is -2.76. The molecule has 2 N–H and O–H groups in total. The zero-order chi connectivity index (χ0) is 30.8. The number of ether oxygens (including phenoxy) is 1. The summed E-state index contributed by atoms with van der Waals surface area (Å²) in [5.41, 5.74) is 6.95. The average Bonchev–Trinajstić information content (AvgIpc) is 3.41. The summed E-state index contributed by atoms with van der Waals surface area (Å²) >= 11 is 0. The smallest absolute Gasteiger partial charge is 0.402 e. The zero-order valence-corrected chi connectivity index (χ0v) is 23.4. The number of nitrogens with zero attached hydrogens (tertiary/aromatic N) is 7. The minimum absolute atomic E-state index is 0.000614. The molecule has 3 atom stereocenters. The Labute approximate surface area is 250 Å². The third-order valence-corrected chi connectivity index (χ3v) is 8.11. The molecule has 2 saturated heterocycles. The maximum absolute atomic E-state index is 14.0. The Balaban J connectivity index is 1.13. The number of anilines is 1. The highest BCUT2D eigenvalue weighted by Gasteiger charge is 2.55. The van der Waals surface area contributed by atoms with Crippen LogP contribution in [0.3, 0.4) is 0 Å². The van der Waals surface area contributed by atoms with E-state index in [-0.39, 0.29) is 31.3 Å². The Kier molecular flexibility index (Phi) is 8.02. The van der Waals surface area contributed by atoms with Crippen molar-refractivity contribution in [3.63, 3.8) is 0 Å². The van der Waals surface area contributed by atoms with Crippen LogP contribution in [0.25, 0.3) is 0 Å². The average molecular weight is 608 g/mol. The Morgan fingerprint density at radius 2 is 1.84 bits per heavy atom. The van der Waals surface area contributed by atoms with Crippen molar-refractivity contribution < 1.29 is 27.5 Å². The van der Waals surface area contributed by atoms with Gasteiger partial charge in [0.25, 0.3) is 5.91 Å². The molecule has 5 heterocycles. The summed E-state index contributed by atoms with van der Waals surface area (Å²) < 4.78 is 48.1. The number of rotatable bonds is 6. The van der Waals surface area contributed by atoms with Crippen LogP contribution in [0.2, 0.25) is 0 Å². The van der Waals surface area contributed by atoms with Gasteiger partial charge in [-0.25, -0.2) is 15.4 Å². The van der Waals surface area contributed by atoms with Crippen molar-refractivity contribution in [3.8, 4) is 11.8 Å². The van der Waals surface area contributed by atoms with Gasteiger partial charge in [-0.1, -0.05) is 24.3 Å². The molecule has 0 radical (unpaired) electrons. The van der Waals surface area contributed by atoms with Crippen molar-refractivity contribution in [2.24, 2.45) is 5.92 Å². The summed E-state index contributed by atoms with van der Waals surface area (Å²) in [7, 11) is 0. The van der Waals surface area contributed by atoms with E-state index >= 15 is 0 Å². The highest BCUT2D eigenvalue weighted by Crippen LogP contribution is 2.41. The van der Waals surface area contributed by atoms with Crippen molar-refractivity contribution in [2.45, 2.75) is 24.8 Å². The van der Waals surface area contributed by atoms with E-state index in [9.17, 15) is 22.8 Å². The molecule has 12 nitrogen and oxygen atoms in total. The first-order chi connectivity index (χ1) is 21.2. The SMILES string of the molecule is N#Cc1cnc(N2CCN(C(=O)c3cc(OC[C@@H]4c5ccccc5CN4C4CNNC(=O)C4C(F)(F)F)ccn3)CC2)nc1. The fourth-order valence-corrected chi connectivity index (χ4v) is 5.92. The molecule has 3 aromatic rings. The quantitative estimate of drug-likeness (QED) is 0.427. The number of nitrogens with one attached hydrogen (secondary N) is 2. The summed E-state index contributed by atoms with van der Waals surface area (Å²) in [6, 6.07) is 10.8. The molecule has 0 aliphatic carbocycles. The van der Waals surface area contributed by atoms with Gasteiger partial charge in [-0.15, -0.1) is 0 Å². The van der Waals surface area contributed by atoms with E-state index in [0.29, 0.717) is 43.4 Å². The summed E-state index contributed by atoms with van der Waals surface area (Å²) in [6.07, 6.45) is -0.358. The number of nitriles is 1. The molecule has 3 aliphatic rings. The number of halogens is 3. The lowest BCUT2D eigenvalue weighted by Crippen LogP contribution is -2.64. The van der Waals surface area contributed by atoms with Crippen molar-refractivity contribution in [1.82, 2.24) is 35.6 Å². The molecule has 1 aromatic carbocycles. The van der Waals surface area contributed by atoms with Gasteiger partial charge in [0.1, 0.15) is 24.1 Å². The van der Waals surface area contributed by atoms with E-state index in [0.717, 1.165) is 11.1 Å². The number of amides is 2. The molecule has 2 amide bonds. The van der Waals surface area contributed by atoms with Gasteiger partial charge in [0.05, 0.1) is 24.0 Å². The number of hydrogen-bond donors (Lipinski definition) is 2. The topological polar surface area (TPSA) is 140 Å². The van der Waals surface area contributed by atoms with Crippen LogP contribution in [0.1, 0.15) is 33.2 Å². The van der Waals surface area contributed by atoms with Gasteiger partial charge in [-0.05, 0) is 17.2 Å². The Morgan fingerprint density at radius 1 is 1.09 bits per heavy atom. The molecule has 0 bridgehead atoms. The standard InChI is InChI=1S/C29H28F3N9O3/c30-29(31,32)25-23(15-37-38-26(25)42)41-16-19-3-1-2-4-21(19)24(41)17-44-20-5-6-34-22(11-20)27(43)39-7-9-40(10-8-39)28-35-13-18(12-33)14-36-28/h1-6,11,13-14,23-25,37H,7-10,15-17H2,(H,38,42)/t23?,24-,25?/m1/s1. The maximum atomic E-state index is 14.0. The second-order valence-electron chi connectivity index (χ2n) is 10.7. The molecule has 44 heavy (non-hydrogen) atoms. The van der Waals surface area contributed by atoms with Crippen LogP contribution in [0.4, 0.5) is 19.1 Å². The van der Waals surface area contributed by atoms with E-state index < -0.39 is 30.1 Å². The number of piperazine rings is 1. The number of hydrazine groups is 1. The first-order valence-corrected chi connectivity index (χ1v) is 14.0. The van der Waals surface area contributed by atoms with Crippen LogP contribution in [-0.4, -0.2) is 88.1 Å². The van der Waals surface area contributed by atoms with E-state index in [4.69, 9.17) is 10.00 Å². The van der Waals surface area contributed by atoms with Crippen molar-refractivity contribution in [3.05, 3.63) is 77.4 Å². The maximum Gasteiger partial charge on any atom is 0.402 e. The van der Waals surface area contributed by atoms with Crippen LogP contribution in [0, 0.1) is 17.2 Å². The number of hydrogen-bond acceptors (Lipinski definition) is 10. The summed E-state index contributed by atoms with van der Waals surface area (Å²) in [6.45, 7) is 1.96. The highest BCUT2D eigenvalue weighted by atomic mass is 19.4. The third-order valence-electron chi connectivity index (χ3n) is 8.11. The molecule has 228 valence electrons. The van der Waals surface area contributed by atoms with Gasteiger partial charge >= 0.3 is 6.18 Å². The van der Waals surface area contributed by atoms with Crippen molar-refractivity contribution in [1.29, 1.82) is 5.26 Å². The Bertz CT molecular complexity index is 1570. The largest absolute Gasteiger partial charge is 0.491 e. The minimum Gasteiger partial charge on any atom is -0.491 e. The normalized spacial score (nSPS) is 22.2. The van der Waals surface area contributed by atoms with Gasteiger partial charge in [-0.3, -0.25) is 24.9 Å². The number of fused-ring (bicyclic) bond motifs is 1. The number of aromatic nitrogens is 3. The van der Waals surface area contributed by atoms with Gasteiger partial charge in [0, 0.05) is 57.6 Å². The molecule has 3 aliphatic heterocycles. The van der Waals surface area contributed by atoms with Gasteiger partial charge in [-0.2, -0.15) is 18.4 Å². The van der Waals surface area contributed by atoms with Crippen LogP contribution in [0.5, 0.6) is 5.75 Å². The number of benzene rings is 1. The zero-order valence-electron chi connectivity index (χ0n) is 23.4. The van der Waals surface area contributed by atoms with Gasteiger partial charge in [0.2, 0.25) is 11.9 Å². The molecule has 2 fully saturated rings. The van der Waals surface area contributed by atoms with E-state index in [2.05, 4.69) is 25.8 Å². The molecule has 0 spiro atoms. The molecule has 0 saturated carbocycles. The number of carbonyl (C=O) groups excluding carboxylic acids is 2. The van der Waals surface area contributed by atoms with Crippen LogP contribution < -0.4 is 20.5 Å². The summed E-state index contributed by atoms with van der Waals surface area (Å²) in [4.78, 5) is 43.5. The first kappa shape index (κ1) is 29.3. The molecular weight excluding hydrogens is 579 g/mol. The lowest BCUT2D eigenvalue weighted by molar-refractivity contribution is -0.202. The molecular formula is C29H28F3N9O3. The lowest BCUT2D eigenvalue weighted by Gasteiger charge is -2.40. The lowest BCUT2D eigenvalue weighted by atomic mass is 9.94. The van der Waals surface area contributed by atoms with Crippen LogP contribution >= 0.6 is 0 Å². The number of alkyl halides is 3. The minimum atomic E-state index is -4.72. The van der Waals surface area contributed by atoms with Gasteiger partial charge in [0.15, 0.2) is 5.92 Å². The number of carbonyl (C=O) groups is 2. The van der Waals surface area contributed by atoms with Gasteiger partial charge < -0.3 is 14.5 Å². The molecule has 6 rings (SSSR count). The Morgan fingerprint density at radius 3 is 2.57 bits per heavy atom. The van der Waals surface area contributed by atoms with Crippen molar-refractivity contribution >= 4 is 17.8 Å². The number of pyridine rings is 1. The first-order valence-electron chi connectivity index (χ1n) is 14.0. The predicted octanol–water partition coefficient (Wildman–Crippen LogP) is 1.82. The second-order valence-corrected chi connectivity index (χ2v) is 10.7. The predicted molar refractivity (Wildman–Crippen MR) is 149 cm³/mol. The highest BCUT2D eigenvalue weighted by molar-refractivity contribution is 5.92. The molecule has 2 unspecified atom stereocenters. The Hall–Kier alpha value is -4.81. The molecule has 2 aromatic heterocycles. The second kappa shape index (κ2) is 12.1.